The van der Waals surface area contributed by atoms with E-state index >= 15 is 0 Å². The third kappa shape index (κ3) is 7.81. The van der Waals surface area contributed by atoms with Crippen LogP contribution in [-0.2, 0) is 9.59 Å². The van der Waals surface area contributed by atoms with Gasteiger partial charge in [-0.15, -0.1) is 0 Å². The van der Waals surface area contributed by atoms with Gasteiger partial charge in [-0.05, 0) is 25.0 Å². The molecule has 1 aromatic rings. The number of amides is 1. The van der Waals surface area contributed by atoms with Crippen molar-refractivity contribution in [1.82, 2.24) is 5.32 Å². The number of hydrogen-bond acceptors (Lipinski definition) is 3. The van der Waals surface area contributed by atoms with Gasteiger partial charge in [0.15, 0.2) is 0 Å². The number of benzene rings is 1. The summed E-state index contributed by atoms with van der Waals surface area (Å²) in [6, 6.07) is 9.43. The normalized spacial score (nSPS) is 9.89. The standard InChI is InChI=1S/C14H19NO4/c16-13(15-10-4-9-14(17)18)8-5-11-19-12-6-2-1-3-7-12/h1-3,6-7H,4-5,8-11H2,(H,15,16)(H,17,18). The van der Waals surface area contributed by atoms with Crippen LogP contribution in [0.1, 0.15) is 25.7 Å². The highest BCUT2D eigenvalue weighted by molar-refractivity contribution is 5.75. The molecular formula is C14H19NO4. The van der Waals surface area contributed by atoms with Gasteiger partial charge in [0.05, 0.1) is 6.61 Å². The summed E-state index contributed by atoms with van der Waals surface area (Å²) < 4.78 is 5.46. The highest BCUT2D eigenvalue weighted by Crippen LogP contribution is 2.08. The van der Waals surface area contributed by atoms with Crippen LogP contribution in [0.3, 0.4) is 0 Å². The number of aliphatic carboxylic acids is 1. The van der Waals surface area contributed by atoms with Gasteiger partial charge < -0.3 is 15.2 Å². The monoisotopic (exact) mass is 265 g/mol. The molecule has 0 bridgehead atoms. The molecule has 0 saturated heterocycles. The maximum atomic E-state index is 11.4. The van der Waals surface area contributed by atoms with E-state index in [1.165, 1.54) is 0 Å². The number of para-hydroxylation sites is 1. The first-order valence-corrected chi connectivity index (χ1v) is 6.35. The fraction of sp³-hybridized carbons (Fsp3) is 0.429. The summed E-state index contributed by atoms with van der Waals surface area (Å²) in [7, 11) is 0. The van der Waals surface area contributed by atoms with Gasteiger partial charge >= 0.3 is 5.97 Å². The Bertz CT molecular complexity index is 392. The number of nitrogens with one attached hydrogen (secondary N) is 1. The Morgan fingerprint density at radius 1 is 1.11 bits per heavy atom. The van der Waals surface area contributed by atoms with Crippen LogP contribution in [0.5, 0.6) is 5.75 Å². The summed E-state index contributed by atoms with van der Waals surface area (Å²) in [6.07, 6.45) is 1.57. The summed E-state index contributed by atoms with van der Waals surface area (Å²) in [5.41, 5.74) is 0. The molecule has 0 unspecified atom stereocenters. The smallest absolute Gasteiger partial charge is 0.303 e. The third-order valence-corrected chi connectivity index (χ3v) is 2.45. The second kappa shape index (κ2) is 8.97. The highest BCUT2D eigenvalue weighted by Gasteiger charge is 2.02. The third-order valence-electron chi connectivity index (χ3n) is 2.45. The van der Waals surface area contributed by atoms with E-state index in [1.54, 1.807) is 0 Å². The predicted molar refractivity (Wildman–Crippen MR) is 71.1 cm³/mol. The number of carboxylic acids is 1. The number of rotatable bonds is 9. The zero-order valence-electron chi connectivity index (χ0n) is 10.8. The highest BCUT2D eigenvalue weighted by atomic mass is 16.5. The fourth-order valence-corrected chi connectivity index (χ4v) is 1.50. The minimum Gasteiger partial charge on any atom is -0.494 e. The van der Waals surface area contributed by atoms with Crippen LogP contribution >= 0.6 is 0 Å². The van der Waals surface area contributed by atoms with E-state index in [2.05, 4.69) is 5.32 Å². The first kappa shape index (κ1) is 15.0. The summed E-state index contributed by atoms with van der Waals surface area (Å²) >= 11 is 0. The van der Waals surface area contributed by atoms with Gasteiger partial charge in [0.1, 0.15) is 5.75 Å². The lowest BCUT2D eigenvalue weighted by Crippen LogP contribution is -2.25. The molecule has 0 spiro atoms. The van der Waals surface area contributed by atoms with Crippen LogP contribution in [0.4, 0.5) is 0 Å². The van der Waals surface area contributed by atoms with Gasteiger partial charge in [-0.25, -0.2) is 0 Å². The number of hydrogen-bond donors (Lipinski definition) is 2. The van der Waals surface area contributed by atoms with Crippen molar-refractivity contribution in [2.75, 3.05) is 13.2 Å². The van der Waals surface area contributed by atoms with E-state index < -0.39 is 5.97 Å². The predicted octanol–water partition coefficient (Wildman–Crippen LogP) is 1.83. The molecule has 0 aromatic heterocycles. The molecule has 0 atom stereocenters. The van der Waals surface area contributed by atoms with Crippen molar-refractivity contribution >= 4 is 11.9 Å². The second-order valence-corrected chi connectivity index (χ2v) is 4.11. The second-order valence-electron chi connectivity index (χ2n) is 4.11. The molecule has 0 saturated carbocycles. The summed E-state index contributed by atoms with van der Waals surface area (Å²) in [5.74, 6) is -0.114. The Hall–Kier alpha value is -2.04. The molecule has 104 valence electrons. The van der Waals surface area contributed by atoms with Crippen molar-refractivity contribution in [3.8, 4) is 5.75 Å². The molecule has 2 N–H and O–H groups in total. The van der Waals surface area contributed by atoms with Gasteiger partial charge in [-0.1, -0.05) is 18.2 Å². The maximum Gasteiger partial charge on any atom is 0.303 e. The molecule has 0 heterocycles. The SMILES string of the molecule is O=C(O)CCCNC(=O)CCCOc1ccccc1. The molecule has 0 aliphatic carbocycles. The average molecular weight is 265 g/mol. The summed E-state index contributed by atoms with van der Waals surface area (Å²) in [4.78, 5) is 21.6. The lowest BCUT2D eigenvalue weighted by Gasteiger charge is -2.06. The van der Waals surface area contributed by atoms with Crippen LogP contribution in [0.25, 0.3) is 0 Å². The van der Waals surface area contributed by atoms with E-state index in [0.717, 1.165) is 5.75 Å². The van der Waals surface area contributed by atoms with Crippen molar-refractivity contribution in [2.45, 2.75) is 25.7 Å². The van der Waals surface area contributed by atoms with Crippen molar-refractivity contribution in [1.29, 1.82) is 0 Å². The van der Waals surface area contributed by atoms with Gasteiger partial charge in [-0.2, -0.15) is 0 Å². The lowest BCUT2D eigenvalue weighted by molar-refractivity contribution is -0.137. The first-order valence-electron chi connectivity index (χ1n) is 6.35. The molecule has 0 aliphatic rings. The van der Waals surface area contributed by atoms with Crippen LogP contribution in [0, 0.1) is 0 Å². The van der Waals surface area contributed by atoms with E-state index in [1.807, 2.05) is 30.3 Å². The Morgan fingerprint density at radius 2 is 1.84 bits per heavy atom. The Balaban J connectivity index is 2.00. The quantitative estimate of drug-likeness (QED) is 0.668. The van der Waals surface area contributed by atoms with Crippen molar-refractivity contribution < 1.29 is 19.4 Å². The van der Waals surface area contributed by atoms with Crippen LogP contribution in [0.2, 0.25) is 0 Å². The summed E-state index contributed by atoms with van der Waals surface area (Å²) in [6.45, 7) is 0.900. The van der Waals surface area contributed by atoms with Crippen molar-refractivity contribution in [2.24, 2.45) is 0 Å². The van der Waals surface area contributed by atoms with Gasteiger partial charge in [0.25, 0.3) is 0 Å². The lowest BCUT2D eigenvalue weighted by atomic mass is 10.3. The van der Waals surface area contributed by atoms with E-state index in [9.17, 15) is 9.59 Å². The summed E-state index contributed by atoms with van der Waals surface area (Å²) in [5, 5.41) is 11.1. The van der Waals surface area contributed by atoms with E-state index in [0.29, 0.717) is 32.4 Å². The molecule has 1 amide bonds. The first-order chi connectivity index (χ1) is 9.18. The van der Waals surface area contributed by atoms with Crippen LogP contribution in [0.15, 0.2) is 30.3 Å². The molecule has 0 radical (unpaired) electrons. The fourth-order valence-electron chi connectivity index (χ4n) is 1.50. The zero-order valence-corrected chi connectivity index (χ0v) is 10.8. The van der Waals surface area contributed by atoms with Crippen molar-refractivity contribution in [3.63, 3.8) is 0 Å². The largest absolute Gasteiger partial charge is 0.494 e. The van der Waals surface area contributed by atoms with Gasteiger partial charge in [-0.3, -0.25) is 9.59 Å². The molecule has 1 rings (SSSR count). The number of carboxylic acid groups (broad SMARTS) is 1. The Labute approximate surface area is 112 Å². The number of carbonyl (C=O) groups is 2. The number of carbonyl (C=O) groups excluding carboxylic acids is 1. The molecule has 1 aromatic carbocycles. The zero-order chi connectivity index (χ0) is 13.9. The maximum absolute atomic E-state index is 11.4. The molecule has 0 aliphatic heterocycles. The van der Waals surface area contributed by atoms with Gasteiger partial charge in [0.2, 0.25) is 5.91 Å². The van der Waals surface area contributed by atoms with Crippen LogP contribution < -0.4 is 10.1 Å². The van der Waals surface area contributed by atoms with E-state index in [4.69, 9.17) is 9.84 Å². The molecule has 0 fully saturated rings. The van der Waals surface area contributed by atoms with E-state index in [-0.39, 0.29) is 12.3 Å². The molecule has 5 heteroatoms. The van der Waals surface area contributed by atoms with Crippen LogP contribution in [-0.4, -0.2) is 30.1 Å². The minimum absolute atomic E-state index is 0.0675. The molecule has 5 nitrogen and oxygen atoms in total. The molecular weight excluding hydrogens is 246 g/mol. The average Bonchev–Trinajstić information content (AvgIpc) is 2.41. The minimum atomic E-state index is -0.842. The Morgan fingerprint density at radius 3 is 2.53 bits per heavy atom. The van der Waals surface area contributed by atoms with Crippen molar-refractivity contribution in [3.05, 3.63) is 30.3 Å². The topological polar surface area (TPSA) is 75.6 Å². The molecule has 19 heavy (non-hydrogen) atoms. The number of ether oxygens (including phenoxy) is 1. The Kier molecular flexibility index (Phi) is 7.09. The van der Waals surface area contributed by atoms with Gasteiger partial charge in [0, 0.05) is 19.4 Å².